The lowest BCUT2D eigenvalue weighted by atomic mass is 10.1. The van der Waals surface area contributed by atoms with Gasteiger partial charge in [-0.1, -0.05) is 13.8 Å². The van der Waals surface area contributed by atoms with Crippen LogP contribution >= 0.6 is 11.6 Å². The topological polar surface area (TPSA) is 46.3 Å². The summed E-state index contributed by atoms with van der Waals surface area (Å²) in [5.74, 6) is 2.32. The molecule has 0 saturated carbocycles. The Bertz CT molecular complexity index is 535. The van der Waals surface area contributed by atoms with E-state index in [1.165, 1.54) is 0 Å². The number of anilines is 1. The summed E-state index contributed by atoms with van der Waals surface area (Å²) in [6, 6.07) is 0.425. The van der Waals surface area contributed by atoms with Crippen molar-refractivity contribution in [2.24, 2.45) is 0 Å². The zero-order chi connectivity index (χ0) is 13.8. The number of fused-ring (bicyclic) bond motifs is 1. The summed E-state index contributed by atoms with van der Waals surface area (Å²) in [7, 11) is 0. The zero-order valence-electron chi connectivity index (χ0n) is 11.7. The largest absolute Gasteiger partial charge is 0.349 e. The van der Waals surface area contributed by atoms with Crippen molar-refractivity contribution in [1.82, 2.24) is 19.6 Å². The maximum absolute atomic E-state index is 5.95. The van der Waals surface area contributed by atoms with Crippen molar-refractivity contribution in [3.8, 4) is 0 Å². The van der Waals surface area contributed by atoms with Gasteiger partial charge in [-0.25, -0.2) is 4.98 Å². The third-order valence-electron chi connectivity index (χ3n) is 3.46. The molecule has 0 unspecified atom stereocenters. The lowest BCUT2D eigenvalue weighted by Gasteiger charge is -2.30. The first-order valence-corrected chi connectivity index (χ1v) is 7.25. The Balaban J connectivity index is 2.49. The van der Waals surface area contributed by atoms with Gasteiger partial charge in [0.2, 0.25) is 5.65 Å². The molecule has 19 heavy (non-hydrogen) atoms. The lowest BCUT2D eigenvalue weighted by molar-refractivity contribution is 0.563. The minimum atomic E-state index is 0.425. The minimum Gasteiger partial charge on any atom is -0.349 e. The third kappa shape index (κ3) is 2.66. The van der Waals surface area contributed by atoms with E-state index in [9.17, 15) is 0 Å². The van der Waals surface area contributed by atoms with Gasteiger partial charge in [-0.15, -0.1) is 21.8 Å². The maximum atomic E-state index is 5.95. The van der Waals surface area contributed by atoms with Gasteiger partial charge in [0.1, 0.15) is 5.82 Å². The van der Waals surface area contributed by atoms with Crippen molar-refractivity contribution in [3.63, 3.8) is 0 Å². The van der Waals surface area contributed by atoms with Crippen molar-refractivity contribution in [2.45, 2.75) is 39.7 Å². The first-order valence-electron chi connectivity index (χ1n) is 6.71. The molecule has 0 aliphatic heterocycles. The van der Waals surface area contributed by atoms with Crippen LogP contribution in [-0.4, -0.2) is 38.0 Å². The highest BCUT2D eigenvalue weighted by Gasteiger charge is 2.20. The van der Waals surface area contributed by atoms with Crippen molar-refractivity contribution in [3.05, 3.63) is 18.2 Å². The van der Waals surface area contributed by atoms with Gasteiger partial charge >= 0.3 is 0 Å². The van der Waals surface area contributed by atoms with Crippen LogP contribution in [0.1, 0.15) is 32.5 Å². The molecule has 2 aromatic rings. The number of alkyl halides is 1. The zero-order valence-corrected chi connectivity index (χ0v) is 12.4. The van der Waals surface area contributed by atoms with Gasteiger partial charge in [-0.3, -0.25) is 4.40 Å². The fourth-order valence-electron chi connectivity index (χ4n) is 2.41. The molecular weight excluding hydrogens is 262 g/mol. The van der Waals surface area contributed by atoms with Crippen LogP contribution in [-0.2, 0) is 0 Å². The van der Waals surface area contributed by atoms with Crippen LogP contribution in [0.25, 0.3) is 5.65 Å². The molecule has 0 atom stereocenters. The summed E-state index contributed by atoms with van der Waals surface area (Å²) in [5, 5.41) is 8.36. The summed E-state index contributed by atoms with van der Waals surface area (Å²) in [6.45, 7) is 7.08. The Labute approximate surface area is 118 Å². The van der Waals surface area contributed by atoms with Gasteiger partial charge in [0.15, 0.2) is 5.82 Å². The molecular formula is C13H20ClN5. The van der Waals surface area contributed by atoms with E-state index >= 15 is 0 Å². The molecule has 0 aromatic carbocycles. The van der Waals surface area contributed by atoms with Gasteiger partial charge in [0.05, 0.1) is 0 Å². The van der Waals surface area contributed by atoms with E-state index in [-0.39, 0.29) is 0 Å². The predicted molar refractivity (Wildman–Crippen MR) is 78.0 cm³/mol. The first-order chi connectivity index (χ1) is 9.22. The lowest BCUT2D eigenvalue weighted by Crippen LogP contribution is -2.37. The Morgan fingerprint density at radius 2 is 2.05 bits per heavy atom. The molecule has 0 saturated heterocycles. The van der Waals surface area contributed by atoms with Crippen LogP contribution in [0.2, 0.25) is 0 Å². The van der Waals surface area contributed by atoms with E-state index in [0.29, 0.717) is 11.9 Å². The first kappa shape index (κ1) is 14.1. The average Bonchev–Trinajstić information content (AvgIpc) is 2.81. The number of hydrogen-bond acceptors (Lipinski definition) is 4. The molecule has 2 aromatic heterocycles. The van der Waals surface area contributed by atoms with Crippen molar-refractivity contribution >= 4 is 23.1 Å². The fraction of sp³-hybridized carbons (Fsp3) is 0.615. The maximum Gasteiger partial charge on any atom is 0.203 e. The number of nitrogens with zero attached hydrogens (tertiary/aromatic N) is 5. The third-order valence-corrected chi connectivity index (χ3v) is 3.63. The van der Waals surface area contributed by atoms with Gasteiger partial charge in [0.25, 0.3) is 0 Å². The molecule has 0 radical (unpaired) electrons. The second-order valence-electron chi connectivity index (χ2n) is 4.54. The smallest absolute Gasteiger partial charge is 0.203 e. The van der Waals surface area contributed by atoms with Crippen LogP contribution in [0.3, 0.4) is 0 Å². The quantitative estimate of drug-likeness (QED) is 0.764. The van der Waals surface area contributed by atoms with Gasteiger partial charge < -0.3 is 4.90 Å². The molecule has 6 heteroatoms. The summed E-state index contributed by atoms with van der Waals surface area (Å²) in [4.78, 5) is 6.75. The number of aryl methyl sites for hydroxylation is 1. The summed E-state index contributed by atoms with van der Waals surface area (Å²) < 4.78 is 1.96. The molecule has 2 rings (SSSR count). The van der Waals surface area contributed by atoms with E-state index < -0.39 is 0 Å². The van der Waals surface area contributed by atoms with Crippen LogP contribution in [0.4, 0.5) is 5.82 Å². The van der Waals surface area contributed by atoms with Crippen molar-refractivity contribution < 1.29 is 0 Å². The van der Waals surface area contributed by atoms with Crippen LogP contribution in [0.5, 0.6) is 0 Å². The van der Waals surface area contributed by atoms with Gasteiger partial charge in [0, 0.05) is 30.9 Å². The number of aromatic nitrogens is 4. The molecule has 0 fully saturated rings. The van der Waals surface area contributed by atoms with Crippen molar-refractivity contribution in [2.75, 3.05) is 17.3 Å². The highest BCUT2D eigenvalue weighted by atomic mass is 35.5. The Hall–Kier alpha value is -1.36. The average molecular weight is 282 g/mol. The van der Waals surface area contributed by atoms with E-state index in [4.69, 9.17) is 11.6 Å². The summed E-state index contributed by atoms with van der Waals surface area (Å²) in [5.41, 5.74) is 0.803. The van der Waals surface area contributed by atoms with E-state index in [1.807, 2.05) is 17.5 Å². The number of halogens is 1. The molecule has 0 aliphatic carbocycles. The predicted octanol–water partition coefficient (Wildman–Crippen LogP) is 2.67. The van der Waals surface area contributed by atoms with Gasteiger partial charge in [-0.05, 0) is 19.8 Å². The standard InChI is InChI=1S/C13H20ClN5/c1-4-11(5-2)19(8-6-14)12-13-17-16-10(3)18(13)9-7-15-12/h7,9,11H,4-6,8H2,1-3H3. The van der Waals surface area contributed by atoms with E-state index in [2.05, 4.69) is 33.9 Å². The molecule has 0 amide bonds. The van der Waals surface area contributed by atoms with E-state index in [0.717, 1.165) is 36.7 Å². The summed E-state index contributed by atoms with van der Waals surface area (Å²) in [6.07, 6.45) is 5.80. The van der Waals surface area contributed by atoms with Crippen LogP contribution < -0.4 is 4.90 Å². The SMILES string of the molecule is CCC(CC)N(CCCl)c1nccn2c(C)nnc12. The molecule has 2 heterocycles. The molecule has 0 spiro atoms. The normalized spacial score (nSPS) is 11.4. The Morgan fingerprint density at radius 3 is 2.68 bits per heavy atom. The number of hydrogen-bond donors (Lipinski definition) is 0. The van der Waals surface area contributed by atoms with Crippen LogP contribution in [0, 0.1) is 6.92 Å². The van der Waals surface area contributed by atoms with Crippen molar-refractivity contribution in [1.29, 1.82) is 0 Å². The molecule has 0 bridgehead atoms. The van der Waals surface area contributed by atoms with E-state index in [1.54, 1.807) is 6.20 Å². The molecule has 0 N–H and O–H groups in total. The molecule has 5 nitrogen and oxygen atoms in total. The second-order valence-corrected chi connectivity index (χ2v) is 4.92. The number of rotatable bonds is 6. The second kappa shape index (κ2) is 6.19. The molecule has 104 valence electrons. The monoisotopic (exact) mass is 281 g/mol. The Morgan fingerprint density at radius 1 is 1.32 bits per heavy atom. The van der Waals surface area contributed by atoms with Crippen LogP contribution in [0.15, 0.2) is 12.4 Å². The minimum absolute atomic E-state index is 0.425. The fourth-order valence-corrected chi connectivity index (χ4v) is 2.60. The summed E-state index contributed by atoms with van der Waals surface area (Å²) >= 11 is 5.95. The Kier molecular flexibility index (Phi) is 4.58. The highest BCUT2D eigenvalue weighted by molar-refractivity contribution is 6.18. The highest BCUT2D eigenvalue weighted by Crippen LogP contribution is 2.22. The van der Waals surface area contributed by atoms with Gasteiger partial charge in [-0.2, -0.15) is 0 Å². The molecule has 0 aliphatic rings.